The Labute approximate surface area is 83.0 Å². The molecule has 0 spiro atoms. The molecule has 1 aliphatic carbocycles. The van der Waals surface area contributed by atoms with Gasteiger partial charge in [0.2, 0.25) is 0 Å². The molecule has 1 aliphatic rings. The highest BCUT2D eigenvalue weighted by Crippen LogP contribution is 2.22. The van der Waals surface area contributed by atoms with Gasteiger partial charge in [-0.1, -0.05) is 18.2 Å². The van der Waals surface area contributed by atoms with Crippen LogP contribution in [0.5, 0.6) is 0 Å². The standard InChI is InChI=1S/C11H11NO2/c1-11(8-12)6-3-4-9(5-7-11)10(13)14-2/h3-7H,1-2H3. The van der Waals surface area contributed by atoms with E-state index in [4.69, 9.17) is 5.26 Å². The Morgan fingerprint density at radius 2 is 2.29 bits per heavy atom. The van der Waals surface area contributed by atoms with Crippen LogP contribution in [0.3, 0.4) is 0 Å². The second-order valence-electron chi connectivity index (χ2n) is 3.20. The van der Waals surface area contributed by atoms with E-state index in [1.54, 1.807) is 37.3 Å². The summed E-state index contributed by atoms with van der Waals surface area (Å²) in [5.41, 5.74) is -0.200. The highest BCUT2D eigenvalue weighted by Gasteiger charge is 2.18. The Bertz CT molecular complexity index is 371. The van der Waals surface area contributed by atoms with Gasteiger partial charge in [-0.15, -0.1) is 0 Å². The molecule has 0 aromatic heterocycles. The number of hydrogen-bond donors (Lipinski definition) is 0. The molecule has 0 N–H and O–H groups in total. The van der Waals surface area contributed by atoms with Crippen molar-refractivity contribution in [2.24, 2.45) is 5.41 Å². The molecular weight excluding hydrogens is 178 g/mol. The number of methoxy groups -OCH3 is 1. The summed E-state index contributed by atoms with van der Waals surface area (Å²) < 4.78 is 4.57. The summed E-state index contributed by atoms with van der Waals surface area (Å²) in [4.78, 5) is 11.2. The predicted octanol–water partition coefficient (Wildman–Crippen LogP) is 1.74. The number of rotatable bonds is 1. The lowest BCUT2D eigenvalue weighted by atomic mass is 9.92. The van der Waals surface area contributed by atoms with Gasteiger partial charge in [-0.2, -0.15) is 5.26 Å². The molecule has 0 bridgehead atoms. The summed E-state index contributed by atoms with van der Waals surface area (Å²) >= 11 is 0. The smallest absolute Gasteiger partial charge is 0.337 e. The first kappa shape index (κ1) is 10.3. The molecule has 1 rings (SSSR count). The molecule has 72 valence electrons. The molecule has 0 radical (unpaired) electrons. The molecule has 3 nitrogen and oxygen atoms in total. The molecule has 0 amide bonds. The van der Waals surface area contributed by atoms with E-state index in [1.807, 2.05) is 0 Å². The van der Waals surface area contributed by atoms with Crippen molar-refractivity contribution in [3.05, 3.63) is 36.0 Å². The Hall–Kier alpha value is -1.82. The highest BCUT2D eigenvalue weighted by atomic mass is 16.5. The number of ether oxygens (including phenoxy) is 1. The van der Waals surface area contributed by atoms with Gasteiger partial charge < -0.3 is 4.74 Å². The van der Waals surface area contributed by atoms with Crippen molar-refractivity contribution in [2.75, 3.05) is 7.11 Å². The minimum atomic E-state index is -0.647. The molecular formula is C11H11NO2. The van der Waals surface area contributed by atoms with E-state index >= 15 is 0 Å². The normalized spacial score (nSPS) is 24.8. The monoisotopic (exact) mass is 189 g/mol. The second kappa shape index (κ2) is 3.93. The third-order valence-electron chi connectivity index (χ3n) is 1.99. The van der Waals surface area contributed by atoms with Crippen molar-refractivity contribution in [1.82, 2.24) is 0 Å². The van der Waals surface area contributed by atoms with Gasteiger partial charge in [0.05, 0.1) is 24.2 Å². The van der Waals surface area contributed by atoms with Crippen LogP contribution < -0.4 is 0 Å². The number of allylic oxidation sites excluding steroid dienone is 4. The number of esters is 1. The van der Waals surface area contributed by atoms with Crippen LogP contribution in [0.15, 0.2) is 36.0 Å². The quantitative estimate of drug-likeness (QED) is 0.590. The van der Waals surface area contributed by atoms with E-state index in [0.717, 1.165) is 0 Å². The van der Waals surface area contributed by atoms with Gasteiger partial charge in [0.15, 0.2) is 0 Å². The number of nitriles is 1. The van der Waals surface area contributed by atoms with Crippen LogP contribution in [-0.4, -0.2) is 13.1 Å². The Balaban J connectivity index is 2.96. The van der Waals surface area contributed by atoms with Crippen molar-refractivity contribution >= 4 is 5.97 Å². The van der Waals surface area contributed by atoms with Gasteiger partial charge in [0, 0.05) is 0 Å². The summed E-state index contributed by atoms with van der Waals surface area (Å²) in [5.74, 6) is -0.395. The first-order valence-corrected chi connectivity index (χ1v) is 4.19. The van der Waals surface area contributed by atoms with Crippen LogP contribution >= 0.6 is 0 Å². The summed E-state index contributed by atoms with van der Waals surface area (Å²) in [6.07, 6.45) is 8.34. The molecule has 0 saturated heterocycles. The highest BCUT2D eigenvalue weighted by molar-refractivity contribution is 5.92. The number of carbonyl (C=O) groups excluding carboxylic acids is 1. The fraction of sp³-hybridized carbons (Fsp3) is 0.273. The maximum absolute atomic E-state index is 11.2. The van der Waals surface area contributed by atoms with Crippen LogP contribution in [0.4, 0.5) is 0 Å². The largest absolute Gasteiger partial charge is 0.465 e. The topological polar surface area (TPSA) is 50.1 Å². The summed E-state index contributed by atoms with van der Waals surface area (Å²) in [6.45, 7) is 1.77. The molecule has 0 fully saturated rings. The van der Waals surface area contributed by atoms with E-state index in [0.29, 0.717) is 5.57 Å². The third-order valence-corrected chi connectivity index (χ3v) is 1.99. The van der Waals surface area contributed by atoms with E-state index < -0.39 is 11.4 Å². The van der Waals surface area contributed by atoms with Crippen molar-refractivity contribution < 1.29 is 9.53 Å². The van der Waals surface area contributed by atoms with Crippen molar-refractivity contribution in [3.63, 3.8) is 0 Å². The van der Waals surface area contributed by atoms with Gasteiger partial charge in [-0.05, 0) is 19.1 Å². The third kappa shape index (κ3) is 2.11. The van der Waals surface area contributed by atoms with Gasteiger partial charge in [0.1, 0.15) is 0 Å². The molecule has 0 aromatic carbocycles. The lowest BCUT2D eigenvalue weighted by Gasteiger charge is -2.08. The van der Waals surface area contributed by atoms with Crippen molar-refractivity contribution in [2.45, 2.75) is 6.92 Å². The van der Waals surface area contributed by atoms with E-state index in [2.05, 4.69) is 10.8 Å². The van der Waals surface area contributed by atoms with Crippen LogP contribution in [-0.2, 0) is 9.53 Å². The molecule has 14 heavy (non-hydrogen) atoms. The molecule has 0 aliphatic heterocycles. The number of nitrogens with zero attached hydrogens (tertiary/aromatic N) is 1. The average molecular weight is 189 g/mol. The van der Waals surface area contributed by atoms with Gasteiger partial charge in [-0.3, -0.25) is 0 Å². The molecule has 1 atom stereocenters. The van der Waals surface area contributed by atoms with E-state index in [1.165, 1.54) is 7.11 Å². The van der Waals surface area contributed by atoms with Crippen LogP contribution in [0, 0.1) is 16.7 Å². The summed E-state index contributed by atoms with van der Waals surface area (Å²) in [5, 5.41) is 8.87. The zero-order valence-corrected chi connectivity index (χ0v) is 8.15. The van der Waals surface area contributed by atoms with Crippen molar-refractivity contribution in [1.29, 1.82) is 5.26 Å². The lowest BCUT2D eigenvalue weighted by molar-refractivity contribution is -0.135. The van der Waals surface area contributed by atoms with Crippen molar-refractivity contribution in [3.8, 4) is 6.07 Å². The van der Waals surface area contributed by atoms with Crippen LogP contribution in [0.25, 0.3) is 0 Å². The zero-order valence-electron chi connectivity index (χ0n) is 8.15. The first-order valence-electron chi connectivity index (χ1n) is 4.19. The maximum Gasteiger partial charge on any atom is 0.337 e. The molecule has 0 aromatic rings. The SMILES string of the molecule is COC(=O)C1=CC=CC(C)(C#N)C=C1. The fourth-order valence-electron chi connectivity index (χ4n) is 1.05. The van der Waals surface area contributed by atoms with Gasteiger partial charge in [-0.25, -0.2) is 4.79 Å². The predicted molar refractivity (Wildman–Crippen MR) is 52.1 cm³/mol. The molecule has 3 heteroatoms. The number of carbonyl (C=O) groups is 1. The van der Waals surface area contributed by atoms with Crippen LogP contribution in [0.2, 0.25) is 0 Å². The maximum atomic E-state index is 11.2. The summed E-state index contributed by atoms with van der Waals surface area (Å²) in [7, 11) is 1.33. The van der Waals surface area contributed by atoms with Gasteiger partial charge >= 0.3 is 5.97 Å². The Kier molecular flexibility index (Phi) is 2.88. The number of hydrogen-bond acceptors (Lipinski definition) is 3. The Morgan fingerprint density at radius 3 is 2.86 bits per heavy atom. The zero-order chi connectivity index (χ0) is 10.6. The van der Waals surface area contributed by atoms with E-state index in [-0.39, 0.29) is 0 Å². The molecule has 0 saturated carbocycles. The second-order valence-corrected chi connectivity index (χ2v) is 3.20. The minimum absolute atomic E-state index is 0.395. The van der Waals surface area contributed by atoms with E-state index in [9.17, 15) is 4.79 Å². The first-order chi connectivity index (χ1) is 6.61. The fourth-order valence-corrected chi connectivity index (χ4v) is 1.05. The molecule has 0 heterocycles. The molecule has 1 unspecified atom stereocenters. The van der Waals surface area contributed by atoms with Gasteiger partial charge in [0.25, 0.3) is 0 Å². The average Bonchev–Trinajstić information content (AvgIpc) is 2.40. The summed E-state index contributed by atoms with van der Waals surface area (Å²) in [6, 6.07) is 2.14. The Morgan fingerprint density at radius 1 is 1.57 bits per heavy atom. The lowest BCUT2D eigenvalue weighted by Crippen LogP contribution is -2.05. The minimum Gasteiger partial charge on any atom is -0.465 e. The van der Waals surface area contributed by atoms with Crippen LogP contribution in [0.1, 0.15) is 6.92 Å².